The molecule has 0 unspecified atom stereocenters. The second kappa shape index (κ2) is 7.05. The van der Waals surface area contributed by atoms with Gasteiger partial charge in [0.25, 0.3) is 0 Å². The number of amidine groups is 1. The zero-order chi connectivity index (χ0) is 20.0. The van der Waals surface area contributed by atoms with Crippen molar-refractivity contribution >= 4 is 23.1 Å². The summed E-state index contributed by atoms with van der Waals surface area (Å²) in [7, 11) is 1.22. The molecule has 5 nitrogen and oxygen atoms in total. The molecule has 1 aromatic heterocycles. The van der Waals surface area contributed by atoms with Gasteiger partial charge in [0.15, 0.2) is 28.3 Å². The normalized spacial score (nSPS) is 21.6. The Hall–Kier alpha value is -2.68. The zero-order valence-electron chi connectivity index (χ0n) is 15.1. The molecular weight excluding hydrogens is 391 g/mol. The largest absolute Gasteiger partial charge is 0.466 e. The molecule has 3 heterocycles. The Morgan fingerprint density at radius 1 is 1.29 bits per heavy atom. The highest BCUT2D eigenvalue weighted by atomic mass is 32.1. The molecule has 2 aromatic rings. The Bertz CT molecular complexity index is 1000. The van der Waals surface area contributed by atoms with E-state index in [1.54, 1.807) is 11.6 Å². The van der Waals surface area contributed by atoms with E-state index in [0.717, 1.165) is 12.1 Å². The van der Waals surface area contributed by atoms with Crippen molar-refractivity contribution in [2.24, 2.45) is 10.9 Å². The third-order valence-corrected chi connectivity index (χ3v) is 5.61. The molecule has 0 radical (unpaired) electrons. The van der Waals surface area contributed by atoms with Gasteiger partial charge in [-0.25, -0.2) is 22.9 Å². The number of hydrogen-bond donors (Lipinski definition) is 0. The van der Waals surface area contributed by atoms with E-state index in [1.165, 1.54) is 18.4 Å². The summed E-state index contributed by atoms with van der Waals surface area (Å²) in [5, 5.41) is 2.38. The number of esters is 1. The summed E-state index contributed by atoms with van der Waals surface area (Å²) in [4.78, 5) is 23.3. The summed E-state index contributed by atoms with van der Waals surface area (Å²) < 4.78 is 46.8. The van der Waals surface area contributed by atoms with Crippen molar-refractivity contribution in [3.8, 4) is 0 Å². The van der Waals surface area contributed by atoms with Gasteiger partial charge in [-0.15, -0.1) is 11.3 Å². The van der Waals surface area contributed by atoms with Gasteiger partial charge in [0.2, 0.25) is 0 Å². The second-order valence-electron chi connectivity index (χ2n) is 6.73. The first-order valence-electron chi connectivity index (χ1n) is 8.62. The van der Waals surface area contributed by atoms with Crippen LogP contribution in [0.5, 0.6) is 0 Å². The summed E-state index contributed by atoms with van der Waals surface area (Å²) in [6, 6.07) is 0.784. The lowest BCUT2D eigenvalue weighted by molar-refractivity contribution is -0.136. The molecular formula is C19H16F3N3O2S. The lowest BCUT2D eigenvalue weighted by Gasteiger charge is -2.31. The first kappa shape index (κ1) is 18.7. The van der Waals surface area contributed by atoms with Gasteiger partial charge in [-0.3, -0.25) is 4.99 Å². The van der Waals surface area contributed by atoms with Crippen molar-refractivity contribution in [1.29, 1.82) is 0 Å². The number of hydrogen-bond acceptors (Lipinski definition) is 6. The monoisotopic (exact) mass is 407 g/mol. The minimum Gasteiger partial charge on any atom is -0.466 e. The van der Waals surface area contributed by atoms with Crippen molar-refractivity contribution in [3.63, 3.8) is 0 Å². The standard InChI is InChI=1S/C19H16F3N3O2S/c1-9-7-12-13(19(26)27-2)16(10-3-4-11(20)15(22)14(10)21)24-17(25(12)8-9)18-23-5-6-28-18/h3-6,9,16H,7-8H2,1-2H3/t9-,16-/m0/s1. The number of fused-ring (bicyclic) bond motifs is 1. The first-order chi connectivity index (χ1) is 13.4. The maximum atomic E-state index is 14.6. The van der Waals surface area contributed by atoms with Crippen LogP contribution >= 0.6 is 11.3 Å². The molecule has 9 heteroatoms. The van der Waals surface area contributed by atoms with Gasteiger partial charge in [0, 0.05) is 29.4 Å². The predicted octanol–water partition coefficient (Wildman–Crippen LogP) is 3.83. The van der Waals surface area contributed by atoms with Crippen LogP contribution in [-0.4, -0.2) is 35.3 Å². The van der Waals surface area contributed by atoms with Crippen LogP contribution in [0.4, 0.5) is 13.2 Å². The lowest BCUT2D eigenvalue weighted by Crippen LogP contribution is -2.35. The summed E-state index contributed by atoms with van der Waals surface area (Å²) in [5.74, 6) is -4.24. The van der Waals surface area contributed by atoms with E-state index in [4.69, 9.17) is 4.74 Å². The maximum Gasteiger partial charge on any atom is 0.338 e. The number of ether oxygens (including phenoxy) is 1. The highest BCUT2D eigenvalue weighted by Crippen LogP contribution is 2.42. The molecule has 2 aliphatic rings. The van der Waals surface area contributed by atoms with Crippen LogP contribution in [0.3, 0.4) is 0 Å². The number of rotatable bonds is 3. The van der Waals surface area contributed by atoms with E-state index in [-0.39, 0.29) is 17.1 Å². The van der Waals surface area contributed by atoms with Gasteiger partial charge in [0.05, 0.1) is 12.7 Å². The topological polar surface area (TPSA) is 54.8 Å². The number of carbonyl (C=O) groups excluding carboxylic acids is 1. The minimum atomic E-state index is -1.60. The smallest absolute Gasteiger partial charge is 0.338 e. The first-order valence-corrected chi connectivity index (χ1v) is 9.50. The van der Waals surface area contributed by atoms with Crippen LogP contribution in [0, 0.1) is 23.4 Å². The van der Waals surface area contributed by atoms with Crippen molar-refractivity contribution < 1.29 is 22.7 Å². The van der Waals surface area contributed by atoms with Gasteiger partial charge < -0.3 is 9.64 Å². The van der Waals surface area contributed by atoms with Gasteiger partial charge in [-0.2, -0.15) is 0 Å². The fourth-order valence-electron chi connectivity index (χ4n) is 3.63. The minimum absolute atomic E-state index is 0.136. The molecule has 0 N–H and O–H groups in total. The molecule has 1 saturated heterocycles. The number of aromatic nitrogens is 1. The van der Waals surface area contributed by atoms with Crippen molar-refractivity contribution in [2.75, 3.05) is 13.7 Å². The van der Waals surface area contributed by atoms with Crippen LogP contribution in [0.2, 0.25) is 0 Å². The quantitative estimate of drug-likeness (QED) is 0.573. The van der Waals surface area contributed by atoms with Crippen molar-refractivity contribution in [1.82, 2.24) is 9.88 Å². The Morgan fingerprint density at radius 2 is 2.07 bits per heavy atom. The van der Waals surface area contributed by atoms with E-state index in [9.17, 15) is 18.0 Å². The fourth-order valence-corrected chi connectivity index (χ4v) is 4.27. The molecule has 28 heavy (non-hydrogen) atoms. The fraction of sp³-hybridized carbons (Fsp3) is 0.316. The van der Waals surface area contributed by atoms with E-state index >= 15 is 0 Å². The molecule has 146 valence electrons. The van der Waals surface area contributed by atoms with Gasteiger partial charge in [0.1, 0.15) is 6.04 Å². The van der Waals surface area contributed by atoms with Gasteiger partial charge in [-0.1, -0.05) is 13.0 Å². The molecule has 1 fully saturated rings. The highest BCUT2D eigenvalue weighted by molar-refractivity contribution is 7.11. The van der Waals surface area contributed by atoms with E-state index in [1.807, 2.05) is 11.8 Å². The molecule has 0 bridgehead atoms. The number of aliphatic imine (C=N–C) groups is 1. The number of nitrogens with zero attached hydrogens (tertiary/aromatic N) is 3. The Labute approximate surface area is 163 Å². The molecule has 2 atom stereocenters. The Kier molecular flexibility index (Phi) is 4.70. The Balaban J connectivity index is 1.95. The van der Waals surface area contributed by atoms with Crippen molar-refractivity contribution in [2.45, 2.75) is 19.4 Å². The number of benzene rings is 1. The summed E-state index contributed by atoms with van der Waals surface area (Å²) >= 11 is 1.35. The molecule has 2 aliphatic heterocycles. The SMILES string of the molecule is COC(=O)C1=C2C[C@H](C)CN2C(c2nccs2)=N[C@H]1c1ccc(F)c(F)c1F. The summed E-state index contributed by atoms with van der Waals surface area (Å²) in [6.07, 6.45) is 2.17. The number of thiazole rings is 1. The van der Waals surface area contributed by atoms with E-state index in [2.05, 4.69) is 9.98 Å². The zero-order valence-corrected chi connectivity index (χ0v) is 15.9. The molecule has 1 aromatic carbocycles. The Morgan fingerprint density at radius 3 is 2.75 bits per heavy atom. The van der Waals surface area contributed by atoms with Crippen LogP contribution < -0.4 is 0 Å². The summed E-state index contributed by atoms with van der Waals surface area (Å²) in [6.45, 7) is 2.63. The molecule has 0 spiro atoms. The molecule has 0 saturated carbocycles. The third kappa shape index (κ3) is 2.90. The maximum absolute atomic E-state index is 14.6. The van der Waals surface area contributed by atoms with Crippen LogP contribution in [0.25, 0.3) is 0 Å². The van der Waals surface area contributed by atoms with E-state index < -0.39 is 29.5 Å². The number of methoxy groups -OCH3 is 1. The van der Waals surface area contributed by atoms with E-state index in [0.29, 0.717) is 29.5 Å². The number of carbonyl (C=O) groups is 1. The summed E-state index contributed by atoms with van der Waals surface area (Å²) in [5.41, 5.74) is 0.561. The van der Waals surface area contributed by atoms with Gasteiger partial charge in [-0.05, 0) is 18.4 Å². The second-order valence-corrected chi connectivity index (χ2v) is 7.62. The number of allylic oxidation sites excluding steroid dienone is 1. The van der Waals surface area contributed by atoms with Crippen LogP contribution in [0.15, 0.2) is 40.0 Å². The number of halogens is 3. The lowest BCUT2D eigenvalue weighted by atomic mass is 9.93. The average molecular weight is 407 g/mol. The average Bonchev–Trinajstić information content (AvgIpc) is 3.34. The molecule has 0 amide bonds. The highest BCUT2D eigenvalue weighted by Gasteiger charge is 2.42. The van der Waals surface area contributed by atoms with Crippen LogP contribution in [-0.2, 0) is 9.53 Å². The van der Waals surface area contributed by atoms with Gasteiger partial charge >= 0.3 is 5.97 Å². The van der Waals surface area contributed by atoms with Crippen molar-refractivity contribution in [3.05, 3.63) is 63.0 Å². The third-order valence-electron chi connectivity index (χ3n) is 4.84. The molecule has 4 rings (SSSR count). The predicted molar refractivity (Wildman–Crippen MR) is 97.2 cm³/mol. The molecule has 0 aliphatic carbocycles. The van der Waals surface area contributed by atoms with Crippen LogP contribution in [0.1, 0.15) is 30.0 Å².